The predicted molar refractivity (Wildman–Crippen MR) is 112 cm³/mol. The van der Waals surface area contributed by atoms with Crippen LogP contribution in [0.5, 0.6) is 11.5 Å². The zero-order valence-electron chi connectivity index (χ0n) is 16.4. The van der Waals surface area contributed by atoms with E-state index in [2.05, 4.69) is 10.3 Å². The Morgan fingerprint density at radius 2 is 1.73 bits per heavy atom. The van der Waals surface area contributed by atoms with Crippen molar-refractivity contribution in [1.82, 2.24) is 15.0 Å². The molecular formula is C23H19N3O4. The molecule has 0 fully saturated rings. The van der Waals surface area contributed by atoms with Gasteiger partial charge in [0.25, 0.3) is 0 Å². The summed E-state index contributed by atoms with van der Waals surface area (Å²) in [5.41, 5.74) is 4.28. The molecule has 1 aromatic heterocycles. The summed E-state index contributed by atoms with van der Waals surface area (Å²) in [5, 5.41) is 17.5. The van der Waals surface area contributed by atoms with Gasteiger partial charge in [-0.25, -0.2) is 9.48 Å². The summed E-state index contributed by atoms with van der Waals surface area (Å²) in [5.74, 6) is 0.478. The fourth-order valence-corrected chi connectivity index (χ4v) is 3.16. The van der Waals surface area contributed by atoms with Crippen LogP contribution in [0.4, 0.5) is 0 Å². The highest BCUT2D eigenvalue weighted by Crippen LogP contribution is 2.33. The highest BCUT2D eigenvalue weighted by Gasteiger charge is 2.11. The van der Waals surface area contributed by atoms with Crippen LogP contribution in [0.2, 0.25) is 0 Å². The molecule has 0 aliphatic carbocycles. The first-order chi connectivity index (χ1) is 14.6. The maximum atomic E-state index is 11.2. The number of hydrogen-bond donors (Lipinski definition) is 1. The molecule has 1 heterocycles. The lowest BCUT2D eigenvalue weighted by molar-refractivity contribution is 0.0697. The Balaban J connectivity index is 1.62. The fraction of sp³-hybridized carbons (Fsp3) is 0.0870. The summed E-state index contributed by atoms with van der Waals surface area (Å²) in [4.78, 5) is 11.2. The number of carboxylic acid groups (broad SMARTS) is 1. The number of nitrogens with zero attached hydrogens (tertiary/aromatic N) is 3. The minimum atomic E-state index is -0.978. The molecule has 150 valence electrons. The number of aromatic carboxylic acids is 1. The summed E-state index contributed by atoms with van der Waals surface area (Å²) in [7, 11) is 3.25. The molecule has 0 atom stereocenters. The molecular weight excluding hydrogens is 382 g/mol. The Bertz CT molecular complexity index is 1200. The lowest BCUT2D eigenvalue weighted by Gasteiger charge is -2.11. The van der Waals surface area contributed by atoms with E-state index in [1.54, 1.807) is 49.4 Å². The van der Waals surface area contributed by atoms with Crippen molar-refractivity contribution in [2.75, 3.05) is 14.2 Å². The van der Waals surface area contributed by atoms with Gasteiger partial charge in [0.1, 0.15) is 17.2 Å². The van der Waals surface area contributed by atoms with Gasteiger partial charge >= 0.3 is 5.97 Å². The Morgan fingerprint density at radius 3 is 2.43 bits per heavy atom. The van der Waals surface area contributed by atoms with Crippen LogP contribution in [0.25, 0.3) is 28.1 Å². The lowest BCUT2D eigenvalue weighted by Crippen LogP contribution is -1.95. The van der Waals surface area contributed by atoms with Gasteiger partial charge < -0.3 is 14.6 Å². The first-order valence-electron chi connectivity index (χ1n) is 9.18. The molecule has 3 aromatic carbocycles. The number of methoxy groups -OCH3 is 2. The second-order valence-corrected chi connectivity index (χ2v) is 6.55. The van der Waals surface area contributed by atoms with Gasteiger partial charge in [-0.2, -0.15) is 0 Å². The average molecular weight is 401 g/mol. The van der Waals surface area contributed by atoms with Crippen molar-refractivity contribution in [3.63, 3.8) is 0 Å². The van der Waals surface area contributed by atoms with Crippen LogP contribution in [-0.2, 0) is 0 Å². The fourth-order valence-electron chi connectivity index (χ4n) is 3.16. The highest BCUT2D eigenvalue weighted by molar-refractivity contribution is 5.89. The van der Waals surface area contributed by atoms with Gasteiger partial charge in [0.15, 0.2) is 0 Å². The molecule has 0 radical (unpaired) electrons. The molecule has 0 amide bonds. The van der Waals surface area contributed by atoms with Crippen molar-refractivity contribution < 1.29 is 19.4 Å². The third kappa shape index (κ3) is 3.73. The Kier molecular flexibility index (Phi) is 5.17. The van der Waals surface area contributed by atoms with Gasteiger partial charge in [-0.15, -0.1) is 5.10 Å². The van der Waals surface area contributed by atoms with Gasteiger partial charge in [0.05, 0.1) is 31.7 Å². The van der Waals surface area contributed by atoms with Gasteiger partial charge in [0, 0.05) is 17.2 Å². The first kappa shape index (κ1) is 19.2. The Labute approximate surface area is 173 Å². The molecule has 4 rings (SSSR count). The van der Waals surface area contributed by atoms with Crippen LogP contribution >= 0.6 is 0 Å². The molecule has 1 N–H and O–H groups in total. The maximum Gasteiger partial charge on any atom is 0.335 e. The third-order valence-electron chi connectivity index (χ3n) is 4.75. The first-order valence-corrected chi connectivity index (χ1v) is 9.18. The van der Waals surface area contributed by atoms with Crippen LogP contribution < -0.4 is 9.47 Å². The number of ether oxygens (including phenoxy) is 2. The average Bonchev–Trinajstić information content (AvgIpc) is 3.29. The maximum absolute atomic E-state index is 11.2. The highest BCUT2D eigenvalue weighted by atomic mass is 16.5. The molecule has 30 heavy (non-hydrogen) atoms. The van der Waals surface area contributed by atoms with E-state index in [0.29, 0.717) is 11.3 Å². The van der Waals surface area contributed by atoms with Crippen molar-refractivity contribution >= 4 is 5.97 Å². The number of hydrogen-bond acceptors (Lipinski definition) is 5. The van der Waals surface area contributed by atoms with E-state index >= 15 is 0 Å². The molecule has 0 aliphatic rings. The topological polar surface area (TPSA) is 86.5 Å². The number of rotatable bonds is 6. The second-order valence-electron chi connectivity index (χ2n) is 6.55. The van der Waals surface area contributed by atoms with Crippen molar-refractivity contribution in [3.8, 4) is 39.6 Å². The number of benzene rings is 3. The van der Waals surface area contributed by atoms with Crippen LogP contribution in [0.15, 0.2) is 72.9 Å². The zero-order chi connectivity index (χ0) is 21.1. The van der Waals surface area contributed by atoms with Crippen LogP contribution in [0, 0.1) is 0 Å². The lowest BCUT2D eigenvalue weighted by atomic mass is 10.0. The standard InChI is InChI=1S/C23H19N3O4/c1-29-19-10-11-20(22(13-19)30-2)15-6-8-18(9-7-15)26-14-21(24-25-26)16-4-3-5-17(12-16)23(27)28/h3-14H,1-2H3,(H,27,28). The smallest absolute Gasteiger partial charge is 0.335 e. The van der Waals surface area contributed by atoms with Crippen LogP contribution in [-0.4, -0.2) is 40.3 Å². The molecule has 0 unspecified atom stereocenters. The van der Waals surface area contributed by atoms with E-state index < -0.39 is 5.97 Å². The Morgan fingerprint density at radius 1 is 0.933 bits per heavy atom. The zero-order valence-corrected chi connectivity index (χ0v) is 16.4. The molecule has 0 saturated carbocycles. The van der Waals surface area contributed by atoms with Crippen LogP contribution in [0.3, 0.4) is 0 Å². The number of carboxylic acids is 1. The molecule has 0 aliphatic heterocycles. The Hall–Kier alpha value is -4.13. The summed E-state index contributed by atoms with van der Waals surface area (Å²) in [6.45, 7) is 0. The molecule has 7 heteroatoms. The van der Waals surface area contributed by atoms with E-state index in [4.69, 9.17) is 14.6 Å². The summed E-state index contributed by atoms with van der Waals surface area (Å²) in [6, 6.07) is 20.1. The third-order valence-corrected chi connectivity index (χ3v) is 4.75. The van der Waals surface area contributed by atoms with E-state index in [0.717, 1.165) is 28.3 Å². The van der Waals surface area contributed by atoms with Crippen molar-refractivity contribution in [2.45, 2.75) is 0 Å². The number of carbonyl (C=O) groups is 1. The minimum absolute atomic E-state index is 0.208. The largest absolute Gasteiger partial charge is 0.497 e. The summed E-state index contributed by atoms with van der Waals surface area (Å²) >= 11 is 0. The van der Waals surface area contributed by atoms with Crippen molar-refractivity contribution in [2.24, 2.45) is 0 Å². The number of aromatic nitrogens is 3. The quantitative estimate of drug-likeness (QED) is 0.518. The molecule has 7 nitrogen and oxygen atoms in total. The molecule has 0 spiro atoms. The predicted octanol–water partition coefficient (Wildman–Crippen LogP) is 4.32. The summed E-state index contributed by atoms with van der Waals surface area (Å²) < 4.78 is 12.4. The van der Waals surface area contributed by atoms with Gasteiger partial charge in [-0.3, -0.25) is 0 Å². The van der Waals surface area contributed by atoms with E-state index in [9.17, 15) is 4.79 Å². The van der Waals surface area contributed by atoms with Crippen molar-refractivity contribution in [3.05, 3.63) is 78.5 Å². The minimum Gasteiger partial charge on any atom is -0.497 e. The molecule has 4 aromatic rings. The van der Waals surface area contributed by atoms with Gasteiger partial charge in [-0.1, -0.05) is 29.5 Å². The molecule has 0 saturated heterocycles. The monoisotopic (exact) mass is 401 g/mol. The second kappa shape index (κ2) is 8.08. The van der Waals surface area contributed by atoms with Crippen LogP contribution in [0.1, 0.15) is 10.4 Å². The van der Waals surface area contributed by atoms with Crippen molar-refractivity contribution in [1.29, 1.82) is 0 Å². The van der Waals surface area contributed by atoms with E-state index in [1.165, 1.54) is 0 Å². The van der Waals surface area contributed by atoms with E-state index in [-0.39, 0.29) is 5.56 Å². The SMILES string of the molecule is COc1ccc(-c2ccc(-n3cc(-c4cccc(C(=O)O)c4)nn3)cc2)c(OC)c1. The normalized spacial score (nSPS) is 10.6. The summed E-state index contributed by atoms with van der Waals surface area (Å²) in [6.07, 6.45) is 1.77. The van der Waals surface area contributed by atoms with Gasteiger partial charge in [0.2, 0.25) is 0 Å². The van der Waals surface area contributed by atoms with E-state index in [1.807, 2.05) is 42.5 Å². The molecule has 0 bridgehead atoms. The van der Waals surface area contributed by atoms with Gasteiger partial charge in [-0.05, 0) is 42.0 Å².